The summed E-state index contributed by atoms with van der Waals surface area (Å²) in [6, 6.07) is 7.03. The zero-order valence-electron chi connectivity index (χ0n) is 24.7. The quantitative estimate of drug-likeness (QED) is 0.288. The van der Waals surface area contributed by atoms with Gasteiger partial charge in [-0.2, -0.15) is 26.3 Å². The lowest BCUT2D eigenvalue weighted by molar-refractivity contribution is -0.187. The normalized spacial score (nSPS) is 17.5. The topological polar surface area (TPSA) is 93.1 Å². The summed E-state index contributed by atoms with van der Waals surface area (Å²) in [6.07, 6.45) is -8.13. The molecule has 6 nitrogen and oxygen atoms in total. The molecule has 0 amide bonds. The van der Waals surface area contributed by atoms with Crippen molar-refractivity contribution in [3.63, 3.8) is 0 Å². The third kappa shape index (κ3) is 7.75. The van der Waals surface area contributed by atoms with E-state index in [1.54, 1.807) is 12.1 Å². The van der Waals surface area contributed by atoms with Crippen LogP contribution < -0.4 is 9.47 Å². The van der Waals surface area contributed by atoms with Gasteiger partial charge in [-0.25, -0.2) is 9.59 Å². The van der Waals surface area contributed by atoms with Crippen molar-refractivity contribution in [2.75, 3.05) is 0 Å². The minimum atomic E-state index is -4.77. The number of alkyl halides is 6. The van der Waals surface area contributed by atoms with E-state index in [0.29, 0.717) is 47.9 Å². The van der Waals surface area contributed by atoms with Gasteiger partial charge in [0.2, 0.25) is 12.2 Å². The summed E-state index contributed by atoms with van der Waals surface area (Å²) in [5.74, 6) is -2.95. The first-order valence-corrected chi connectivity index (χ1v) is 14.2. The van der Waals surface area contributed by atoms with E-state index >= 15 is 0 Å². The van der Waals surface area contributed by atoms with Gasteiger partial charge in [-0.15, -0.1) is 0 Å². The zero-order chi connectivity index (χ0) is 33.0. The number of carboxylic acids is 2. The highest BCUT2D eigenvalue weighted by Crippen LogP contribution is 2.41. The van der Waals surface area contributed by atoms with Gasteiger partial charge in [-0.1, -0.05) is 52.7 Å². The molecular weight excluding hydrogens is 594 g/mol. The number of halogens is 6. The predicted molar refractivity (Wildman–Crippen MR) is 152 cm³/mol. The number of carbonyl (C=O) groups is 2. The minimum absolute atomic E-state index is 0.145. The second-order valence-electron chi connectivity index (χ2n) is 10.4. The van der Waals surface area contributed by atoms with Gasteiger partial charge in [0, 0.05) is 11.1 Å². The highest BCUT2D eigenvalue weighted by Gasteiger charge is 2.49. The highest BCUT2D eigenvalue weighted by molar-refractivity contribution is 5.96. The lowest BCUT2D eigenvalue weighted by Gasteiger charge is -2.29. The van der Waals surface area contributed by atoms with Crippen LogP contribution in [0.4, 0.5) is 26.3 Å². The number of carboxylic acid groups (broad SMARTS) is 2. The van der Waals surface area contributed by atoms with Crippen molar-refractivity contribution >= 4 is 24.1 Å². The first kappa shape index (κ1) is 34.5. The number of fused-ring (bicyclic) bond motifs is 2. The van der Waals surface area contributed by atoms with E-state index in [2.05, 4.69) is 0 Å². The minimum Gasteiger partial charge on any atom is -0.478 e. The van der Waals surface area contributed by atoms with E-state index in [1.807, 2.05) is 39.8 Å². The first-order valence-electron chi connectivity index (χ1n) is 14.2. The predicted octanol–water partition coefficient (Wildman–Crippen LogP) is 7.99. The van der Waals surface area contributed by atoms with Crippen LogP contribution in [-0.4, -0.2) is 46.7 Å². The molecule has 240 valence electrons. The molecule has 0 spiro atoms. The van der Waals surface area contributed by atoms with Gasteiger partial charge in [0.15, 0.2) is 0 Å². The molecule has 0 saturated carbocycles. The Morgan fingerprint density at radius 2 is 1.00 bits per heavy atom. The van der Waals surface area contributed by atoms with Crippen molar-refractivity contribution in [1.29, 1.82) is 0 Å². The van der Waals surface area contributed by atoms with Crippen LogP contribution in [0.1, 0.15) is 73.9 Å². The van der Waals surface area contributed by atoms with Gasteiger partial charge in [0.05, 0.1) is 11.1 Å². The van der Waals surface area contributed by atoms with E-state index in [-0.39, 0.29) is 11.5 Å². The summed E-state index contributed by atoms with van der Waals surface area (Å²) in [6.45, 7) is 7.71. The molecular formula is C32H34F6O6. The third-order valence-electron chi connectivity index (χ3n) is 7.11. The fraction of sp³-hybridized carbons (Fsp3) is 0.438. The lowest BCUT2D eigenvalue weighted by atomic mass is 9.94. The van der Waals surface area contributed by atoms with Crippen LogP contribution in [0.5, 0.6) is 11.5 Å². The van der Waals surface area contributed by atoms with Gasteiger partial charge >= 0.3 is 24.3 Å². The maximum absolute atomic E-state index is 13.1. The largest absolute Gasteiger partial charge is 0.478 e. The standard InChI is InChI=1S/2C16H17F3O3/c2*1-3-5-10-6-9(4-2)7-11-8-12(15(20)21)14(16(17,18)19)22-13(10)11/h2*6-8,14H,3-5H2,1-2H3,(H,20,21). The second-order valence-corrected chi connectivity index (χ2v) is 10.4. The Labute approximate surface area is 251 Å². The molecule has 0 radical (unpaired) electrons. The van der Waals surface area contributed by atoms with Gasteiger partial charge in [0.25, 0.3) is 0 Å². The molecule has 2 aromatic rings. The van der Waals surface area contributed by atoms with Gasteiger partial charge in [0.1, 0.15) is 11.5 Å². The van der Waals surface area contributed by atoms with E-state index in [1.165, 1.54) is 0 Å². The van der Waals surface area contributed by atoms with Crippen molar-refractivity contribution in [2.45, 2.75) is 90.8 Å². The number of rotatable bonds is 8. The van der Waals surface area contributed by atoms with Crippen molar-refractivity contribution in [2.24, 2.45) is 0 Å². The van der Waals surface area contributed by atoms with Gasteiger partial charge in [-0.05, 0) is 72.2 Å². The van der Waals surface area contributed by atoms with E-state index in [4.69, 9.17) is 19.7 Å². The fourth-order valence-electron chi connectivity index (χ4n) is 5.07. The van der Waals surface area contributed by atoms with Crippen LogP contribution in [0, 0.1) is 0 Å². The van der Waals surface area contributed by atoms with Crippen LogP contribution >= 0.6 is 0 Å². The van der Waals surface area contributed by atoms with E-state index < -0.39 is 47.6 Å². The Balaban J connectivity index is 0.000000240. The van der Waals surface area contributed by atoms with Crippen molar-refractivity contribution in [3.8, 4) is 11.5 Å². The Morgan fingerprint density at radius 1 is 0.659 bits per heavy atom. The monoisotopic (exact) mass is 628 g/mol. The van der Waals surface area contributed by atoms with Crippen LogP contribution in [0.25, 0.3) is 12.2 Å². The average molecular weight is 629 g/mol. The van der Waals surface area contributed by atoms with E-state index in [9.17, 15) is 35.9 Å². The zero-order valence-corrected chi connectivity index (χ0v) is 24.7. The maximum Gasteiger partial charge on any atom is 0.430 e. The van der Waals surface area contributed by atoms with Crippen molar-refractivity contribution in [3.05, 3.63) is 68.8 Å². The molecule has 2 N–H and O–H groups in total. The molecule has 12 heteroatoms. The Hall–Kier alpha value is -3.96. The van der Waals surface area contributed by atoms with Gasteiger partial charge in [-0.3, -0.25) is 0 Å². The first-order chi connectivity index (χ1) is 20.5. The second kappa shape index (κ2) is 13.8. The summed E-state index contributed by atoms with van der Waals surface area (Å²) in [7, 11) is 0. The highest BCUT2D eigenvalue weighted by atomic mass is 19.4. The molecule has 0 fully saturated rings. The molecule has 2 aliphatic rings. The molecule has 0 aliphatic carbocycles. The molecule has 0 bridgehead atoms. The number of benzene rings is 2. The third-order valence-corrected chi connectivity index (χ3v) is 7.11. The van der Waals surface area contributed by atoms with Crippen LogP contribution in [-0.2, 0) is 35.3 Å². The summed E-state index contributed by atoms with van der Waals surface area (Å²) in [5.41, 5.74) is 2.50. The fourth-order valence-corrected chi connectivity index (χ4v) is 5.07. The Morgan fingerprint density at radius 3 is 1.25 bits per heavy atom. The molecule has 2 aromatic carbocycles. The van der Waals surface area contributed by atoms with Crippen molar-refractivity contribution in [1.82, 2.24) is 0 Å². The van der Waals surface area contributed by atoms with Crippen LogP contribution in [0.2, 0.25) is 0 Å². The van der Waals surface area contributed by atoms with Crippen molar-refractivity contribution < 1.29 is 55.6 Å². The Bertz CT molecular complexity index is 1350. The molecule has 2 atom stereocenters. The lowest BCUT2D eigenvalue weighted by Crippen LogP contribution is -2.40. The molecule has 44 heavy (non-hydrogen) atoms. The molecule has 0 saturated heterocycles. The number of aliphatic carboxylic acids is 2. The molecule has 2 unspecified atom stereocenters. The molecule has 2 aliphatic heterocycles. The molecule has 0 aromatic heterocycles. The molecule has 2 heterocycles. The van der Waals surface area contributed by atoms with Gasteiger partial charge < -0.3 is 19.7 Å². The summed E-state index contributed by atoms with van der Waals surface area (Å²) in [5, 5.41) is 18.1. The smallest absolute Gasteiger partial charge is 0.430 e. The SMILES string of the molecule is CCCc1cc(CC)cc2c1OC(C(F)(F)F)C(C(=O)O)=C2.CCCc1cc(CC)cc2c1OC(C(F)(F)F)C(C(=O)O)=C2. The number of aryl methyl sites for hydroxylation is 4. The van der Waals surface area contributed by atoms with Crippen LogP contribution in [0.3, 0.4) is 0 Å². The molecule has 4 rings (SSSR count). The summed E-state index contributed by atoms with van der Waals surface area (Å²) >= 11 is 0. The number of ether oxygens (including phenoxy) is 2. The number of hydrogen-bond acceptors (Lipinski definition) is 4. The summed E-state index contributed by atoms with van der Waals surface area (Å²) in [4.78, 5) is 22.3. The maximum atomic E-state index is 13.1. The van der Waals surface area contributed by atoms with E-state index in [0.717, 1.165) is 36.1 Å². The number of hydrogen-bond donors (Lipinski definition) is 2. The van der Waals surface area contributed by atoms with Crippen LogP contribution in [0.15, 0.2) is 35.4 Å². The average Bonchev–Trinajstić information content (AvgIpc) is 2.95. The Kier molecular flexibility index (Phi) is 10.8. The summed E-state index contributed by atoms with van der Waals surface area (Å²) < 4.78 is 88.6.